The van der Waals surface area contributed by atoms with Gasteiger partial charge in [-0.05, 0) is 39.7 Å². The van der Waals surface area contributed by atoms with Crippen molar-refractivity contribution in [1.82, 2.24) is 9.80 Å². The Bertz CT molecular complexity index is 704. The average molecular weight is 374 g/mol. The molecule has 1 fully saturated rings. The van der Waals surface area contributed by atoms with Gasteiger partial charge in [0, 0.05) is 37.7 Å². The largest absolute Gasteiger partial charge is 0.480 e. The molecule has 1 aromatic carbocycles. The van der Waals surface area contributed by atoms with E-state index in [0.717, 1.165) is 24.2 Å². The molecule has 2 atom stereocenters. The molecule has 2 aliphatic rings. The van der Waals surface area contributed by atoms with Crippen LogP contribution in [0.4, 0.5) is 4.79 Å². The van der Waals surface area contributed by atoms with Crippen molar-refractivity contribution in [1.29, 1.82) is 0 Å². The van der Waals surface area contributed by atoms with Gasteiger partial charge in [-0.1, -0.05) is 25.1 Å². The van der Waals surface area contributed by atoms with Crippen LogP contribution in [0.1, 0.15) is 52.0 Å². The van der Waals surface area contributed by atoms with Crippen molar-refractivity contribution in [3.05, 3.63) is 29.8 Å². The maximum absolute atomic E-state index is 13.0. The van der Waals surface area contributed by atoms with Crippen LogP contribution in [0.3, 0.4) is 0 Å². The number of nitrogens with zero attached hydrogens (tertiary/aromatic N) is 2. The number of likely N-dealkylation sites (N-methyl/N-ethyl adjacent to an activating group) is 1. The Balaban J connectivity index is 1.56. The number of ether oxygens (including phenoxy) is 2. The van der Waals surface area contributed by atoms with Gasteiger partial charge in [0.05, 0.1) is 0 Å². The van der Waals surface area contributed by atoms with E-state index in [9.17, 15) is 9.59 Å². The third-order valence-electron chi connectivity index (χ3n) is 5.37. The lowest BCUT2D eigenvalue weighted by Gasteiger charge is -2.38. The molecule has 2 heterocycles. The molecule has 6 heteroatoms. The number of fused-ring (bicyclic) bond motifs is 1. The number of benzene rings is 1. The summed E-state index contributed by atoms with van der Waals surface area (Å²) in [6.07, 6.45) is 0.736. The molecule has 2 amide bonds. The fourth-order valence-corrected chi connectivity index (χ4v) is 3.77. The lowest BCUT2D eigenvalue weighted by atomic mass is 9.95. The number of amides is 2. The van der Waals surface area contributed by atoms with Gasteiger partial charge in [0.1, 0.15) is 11.4 Å². The molecule has 0 saturated carbocycles. The summed E-state index contributed by atoms with van der Waals surface area (Å²) in [6, 6.07) is 7.94. The van der Waals surface area contributed by atoms with Gasteiger partial charge in [0.25, 0.3) is 5.91 Å². The number of hydrogen-bond acceptors (Lipinski definition) is 4. The van der Waals surface area contributed by atoms with E-state index in [0.29, 0.717) is 13.1 Å². The first kappa shape index (κ1) is 19.5. The third kappa shape index (κ3) is 4.20. The van der Waals surface area contributed by atoms with Crippen LogP contribution in [0.15, 0.2) is 24.3 Å². The van der Waals surface area contributed by atoms with Crippen molar-refractivity contribution in [2.45, 2.75) is 64.2 Å². The number of hydrogen-bond donors (Lipinski definition) is 0. The van der Waals surface area contributed by atoms with Crippen molar-refractivity contribution < 1.29 is 19.1 Å². The Morgan fingerprint density at radius 3 is 2.41 bits per heavy atom. The second-order valence-corrected chi connectivity index (χ2v) is 8.51. The van der Waals surface area contributed by atoms with Gasteiger partial charge >= 0.3 is 6.09 Å². The number of piperidine rings is 1. The molecule has 0 bridgehead atoms. The van der Waals surface area contributed by atoms with Gasteiger partial charge < -0.3 is 19.3 Å². The van der Waals surface area contributed by atoms with Crippen LogP contribution in [0.5, 0.6) is 5.75 Å². The number of carbonyl (C=O) groups excluding carboxylic acids is 2. The summed E-state index contributed by atoms with van der Waals surface area (Å²) in [5.74, 6) is 0.851. The van der Waals surface area contributed by atoms with Gasteiger partial charge in [0.15, 0.2) is 6.10 Å². The molecule has 6 nitrogen and oxygen atoms in total. The second kappa shape index (κ2) is 7.41. The minimum atomic E-state index is -0.494. The van der Waals surface area contributed by atoms with E-state index in [1.165, 1.54) is 0 Å². The van der Waals surface area contributed by atoms with E-state index >= 15 is 0 Å². The molecule has 3 rings (SSSR count). The zero-order valence-corrected chi connectivity index (χ0v) is 16.9. The SMILES string of the molecule is CC1c2ccccc2OC1C(=O)N(C)C1CCN(C(=O)OC(C)(C)C)CC1. The van der Waals surface area contributed by atoms with E-state index < -0.39 is 11.7 Å². The molecule has 1 saturated heterocycles. The van der Waals surface area contributed by atoms with Crippen molar-refractivity contribution in [3.8, 4) is 5.75 Å². The minimum absolute atomic E-state index is 0.00872. The van der Waals surface area contributed by atoms with Crippen LogP contribution in [0.2, 0.25) is 0 Å². The Kier molecular flexibility index (Phi) is 5.36. The molecule has 1 aromatic rings. The minimum Gasteiger partial charge on any atom is -0.480 e. The number of likely N-dealkylation sites (tertiary alicyclic amines) is 1. The molecular formula is C21H30N2O4. The van der Waals surface area contributed by atoms with Crippen LogP contribution in [-0.4, -0.2) is 59.7 Å². The van der Waals surface area contributed by atoms with E-state index in [1.807, 2.05) is 59.0 Å². The van der Waals surface area contributed by atoms with E-state index in [2.05, 4.69) is 0 Å². The van der Waals surface area contributed by atoms with Gasteiger partial charge in [-0.3, -0.25) is 4.79 Å². The Morgan fingerprint density at radius 2 is 1.81 bits per heavy atom. The smallest absolute Gasteiger partial charge is 0.410 e. The molecule has 0 N–H and O–H groups in total. The van der Waals surface area contributed by atoms with Gasteiger partial charge in [-0.25, -0.2) is 4.79 Å². The fourth-order valence-electron chi connectivity index (χ4n) is 3.77. The van der Waals surface area contributed by atoms with Gasteiger partial charge in [-0.15, -0.1) is 0 Å². The quantitative estimate of drug-likeness (QED) is 0.796. The standard InChI is InChI=1S/C21H30N2O4/c1-14-16-8-6-7-9-17(16)26-18(14)19(24)22(5)15-10-12-23(13-11-15)20(25)27-21(2,3)4/h6-9,14-15,18H,10-13H2,1-5H3. The van der Waals surface area contributed by atoms with Crippen LogP contribution in [-0.2, 0) is 9.53 Å². The van der Waals surface area contributed by atoms with Crippen LogP contribution in [0, 0.1) is 0 Å². The molecule has 0 spiro atoms. The zero-order chi connectivity index (χ0) is 19.8. The summed E-state index contributed by atoms with van der Waals surface area (Å²) in [4.78, 5) is 28.8. The van der Waals surface area contributed by atoms with E-state index in [4.69, 9.17) is 9.47 Å². The average Bonchev–Trinajstić information content (AvgIpc) is 2.96. The van der Waals surface area contributed by atoms with Gasteiger partial charge in [-0.2, -0.15) is 0 Å². The lowest BCUT2D eigenvalue weighted by Crippen LogP contribution is -2.51. The first-order valence-corrected chi connectivity index (χ1v) is 9.67. The molecule has 0 aromatic heterocycles. The summed E-state index contributed by atoms with van der Waals surface area (Å²) in [5.41, 5.74) is 0.593. The highest BCUT2D eigenvalue weighted by molar-refractivity contribution is 5.83. The highest BCUT2D eigenvalue weighted by Crippen LogP contribution is 2.38. The molecule has 148 valence electrons. The molecule has 0 aliphatic carbocycles. The lowest BCUT2D eigenvalue weighted by molar-refractivity contribution is -0.140. The Morgan fingerprint density at radius 1 is 1.19 bits per heavy atom. The van der Waals surface area contributed by atoms with Gasteiger partial charge in [0.2, 0.25) is 0 Å². The van der Waals surface area contributed by atoms with Crippen molar-refractivity contribution in [2.24, 2.45) is 0 Å². The summed E-state index contributed by atoms with van der Waals surface area (Å²) in [7, 11) is 1.84. The summed E-state index contributed by atoms with van der Waals surface area (Å²) in [6.45, 7) is 8.82. The zero-order valence-electron chi connectivity index (χ0n) is 16.9. The van der Waals surface area contributed by atoms with Crippen molar-refractivity contribution in [2.75, 3.05) is 20.1 Å². The highest BCUT2D eigenvalue weighted by Gasteiger charge is 2.40. The maximum atomic E-state index is 13.0. The number of rotatable bonds is 2. The van der Waals surface area contributed by atoms with Crippen molar-refractivity contribution >= 4 is 12.0 Å². The second-order valence-electron chi connectivity index (χ2n) is 8.51. The summed E-state index contributed by atoms with van der Waals surface area (Å²) in [5, 5.41) is 0. The number of carbonyl (C=O) groups is 2. The van der Waals surface area contributed by atoms with Crippen LogP contribution >= 0.6 is 0 Å². The van der Waals surface area contributed by atoms with E-state index in [1.54, 1.807) is 9.80 Å². The van der Waals surface area contributed by atoms with Crippen LogP contribution in [0.25, 0.3) is 0 Å². The summed E-state index contributed by atoms with van der Waals surface area (Å²) >= 11 is 0. The third-order valence-corrected chi connectivity index (χ3v) is 5.37. The highest BCUT2D eigenvalue weighted by atomic mass is 16.6. The molecule has 2 aliphatic heterocycles. The first-order valence-electron chi connectivity index (χ1n) is 9.67. The van der Waals surface area contributed by atoms with Crippen molar-refractivity contribution in [3.63, 3.8) is 0 Å². The topological polar surface area (TPSA) is 59.1 Å². The monoisotopic (exact) mass is 374 g/mol. The normalized spacial score (nSPS) is 22.8. The summed E-state index contributed by atoms with van der Waals surface area (Å²) < 4.78 is 11.4. The molecule has 27 heavy (non-hydrogen) atoms. The fraction of sp³-hybridized carbons (Fsp3) is 0.619. The maximum Gasteiger partial charge on any atom is 0.410 e. The first-order chi connectivity index (χ1) is 12.7. The molecule has 0 radical (unpaired) electrons. The predicted octanol–water partition coefficient (Wildman–Crippen LogP) is 3.41. The predicted molar refractivity (Wildman–Crippen MR) is 103 cm³/mol. The molecule has 2 unspecified atom stereocenters. The molecular weight excluding hydrogens is 344 g/mol. The Hall–Kier alpha value is -2.24. The van der Waals surface area contributed by atoms with Crippen LogP contribution < -0.4 is 4.74 Å². The Labute approximate surface area is 161 Å². The number of para-hydroxylation sites is 1. The van der Waals surface area contributed by atoms with E-state index in [-0.39, 0.29) is 24.0 Å².